The molecule has 0 unspecified atom stereocenters. The standard InChI is InChI=1S/C17H16N2O3/c1-18(11-12-6-4-3-5-7-12)16(20)13-8-9-14-15(10-13)22-17(21)19(14)2/h3-10H,11H2,1-2H3. The van der Waals surface area contributed by atoms with Crippen molar-refractivity contribution in [1.29, 1.82) is 0 Å². The van der Waals surface area contributed by atoms with Gasteiger partial charge >= 0.3 is 5.76 Å². The highest BCUT2D eigenvalue weighted by Crippen LogP contribution is 2.16. The molecule has 22 heavy (non-hydrogen) atoms. The maximum Gasteiger partial charge on any atom is 0.419 e. The fraction of sp³-hybridized carbons (Fsp3) is 0.176. The van der Waals surface area contributed by atoms with Crippen LogP contribution in [-0.4, -0.2) is 22.4 Å². The van der Waals surface area contributed by atoms with E-state index in [1.807, 2.05) is 30.3 Å². The minimum absolute atomic E-state index is 0.114. The second-order valence-corrected chi connectivity index (χ2v) is 5.26. The molecule has 0 aliphatic rings. The van der Waals surface area contributed by atoms with E-state index in [0.29, 0.717) is 23.2 Å². The molecule has 0 radical (unpaired) electrons. The van der Waals surface area contributed by atoms with Crippen LogP contribution in [0.4, 0.5) is 0 Å². The molecule has 1 amide bonds. The molecule has 0 bridgehead atoms. The normalized spacial score (nSPS) is 10.8. The molecule has 2 aromatic carbocycles. The molecule has 0 fully saturated rings. The van der Waals surface area contributed by atoms with E-state index in [9.17, 15) is 9.59 Å². The lowest BCUT2D eigenvalue weighted by Crippen LogP contribution is -2.26. The SMILES string of the molecule is CN(Cc1ccccc1)C(=O)c1ccc2c(c1)oc(=O)n2C. The van der Waals surface area contributed by atoms with Crippen molar-refractivity contribution in [2.45, 2.75) is 6.54 Å². The molecule has 0 aliphatic heterocycles. The van der Waals surface area contributed by atoms with Crippen LogP contribution in [0.1, 0.15) is 15.9 Å². The van der Waals surface area contributed by atoms with Crippen LogP contribution in [0.2, 0.25) is 0 Å². The van der Waals surface area contributed by atoms with Crippen LogP contribution in [0.5, 0.6) is 0 Å². The van der Waals surface area contributed by atoms with Gasteiger partial charge in [-0.2, -0.15) is 0 Å². The van der Waals surface area contributed by atoms with E-state index >= 15 is 0 Å². The van der Waals surface area contributed by atoms with Crippen LogP contribution in [0, 0.1) is 0 Å². The van der Waals surface area contributed by atoms with E-state index in [1.165, 1.54) is 4.57 Å². The smallest absolute Gasteiger partial charge is 0.408 e. The Bertz CT molecular complexity index is 878. The van der Waals surface area contributed by atoms with Gasteiger partial charge in [0.25, 0.3) is 5.91 Å². The molecule has 0 spiro atoms. The van der Waals surface area contributed by atoms with Crippen LogP contribution in [0.25, 0.3) is 11.1 Å². The summed E-state index contributed by atoms with van der Waals surface area (Å²) in [6.07, 6.45) is 0. The molecule has 112 valence electrons. The molecule has 0 aliphatic carbocycles. The molecule has 1 aromatic heterocycles. The number of carbonyl (C=O) groups excluding carboxylic acids is 1. The fourth-order valence-electron chi connectivity index (χ4n) is 2.42. The van der Waals surface area contributed by atoms with Gasteiger partial charge in [-0.1, -0.05) is 30.3 Å². The van der Waals surface area contributed by atoms with E-state index in [4.69, 9.17) is 4.42 Å². The minimum Gasteiger partial charge on any atom is -0.408 e. The van der Waals surface area contributed by atoms with E-state index in [2.05, 4.69) is 0 Å². The van der Waals surface area contributed by atoms with Gasteiger partial charge in [0, 0.05) is 26.2 Å². The third kappa shape index (κ3) is 2.53. The maximum atomic E-state index is 12.5. The van der Waals surface area contributed by atoms with E-state index in [0.717, 1.165) is 5.56 Å². The number of nitrogens with zero attached hydrogens (tertiary/aromatic N) is 2. The van der Waals surface area contributed by atoms with Crippen LogP contribution in [0.15, 0.2) is 57.7 Å². The quantitative estimate of drug-likeness (QED) is 0.746. The van der Waals surface area contributed by atoms with E-state index < -0.39 is 5.76 Å². The monoisotopic (exact) mass is 296 g/mol. The van der Waals surface area contributed by atoms with Crippen LogP contribution in [0.3, 0.4) is 0 Å². The van der Waals surface area contributed by atoms with Gasteiger partial charge in [-0.15, -0.1) is 0 Å². The summed E-state index contributed by atoms with van der Waals surface area (Å²) < 4.78 is 6.54. The zero-order valence-corrected chi connectivity index (χ0v) is 12.4. The number of aromatic nitrogens is 1. The summed E-state index contributed by atoms with van der Waals surface area (Å²) in [7, 11) is 3.39. The van der Waals surface area contributed by atoms with Crippen LogP contribution >= 0.6 is 0 Å². The summed E-state index contributed by atoms with van der Waals surface area (Å²) in [5.74, 6) is -0.547. The molecule has 1 heterocycles. The Morgan fingerprint density at radius 3 is 2.64 bits per heavy atom. The summed E-state index contributed by atoms with van der Waals surface area (Å²) in [6.45, 7) is 0.524. The minimum atomic E-state index is -0.433. The first-order valence-electron chi connectivity index (χ1n) is 6.95. The lowest BCUT2D eigenvalue weighted by atomic mass is 10.1. The van der Waals surface area contributed by atoms with E-state index in [1.54, 1.807) is 37.2 Å². The highest BCUT2D eigenvalue weighted by atomic mass is 16.4. The third-order valence-corrected chi connectivity index (χ3v) is 3.65. The second-order valence-electron chi connectivity index (χ2n) is 5.26. The number of hydrogen-bond donors (Lipinski definition) is 0. The zero-order chi connectivity index (χ0) is 15.7. The number of oxazole rings is 1. The summed E-state index contributed by atoms with van der Waals surface area (Å²) in [5, 5.41) is 0. The van der Waals surface area contributed by atoms with Crippen molar-refractivity contribution in [2.75, 3.05) is 7.05 Å². The predicted molar refractivity (Wildman–Crippen MR) is 83.7 cm³/mol. The van der Waals surface area contributed by atoms with Gasteiger partial charge in [0.1, 0.15) is 0 Å². The largest absolute Gasteiger partial charge is 0.419 e. The van der Waals surface area contributed by atoms with Gasteiger partial charge in [-0.3, -0.25) is 9.36 Å². The lowest BCUT2D eigenvalue weighted by molar-refractivity contribution is 0.0785. The molecule has 5 nitrogen and oxygen atoms in total. The van der Waals surface area contributed by atoms with Crippen molar-refractivity contribution in [2.24, 2.45) is 7.05 Å². The molecule has 3 aromatic rings. The molecule has 5 heteroatoms. The van der Waals surface area contributed by atoms with Crippen molar-refractivity contribution < 1.29 is 9.21 Å². The molecular formula is C17H16N2O3. The Morgan fingerprint density at radius 1 is 1.18 bits per heavy atom. The van der Waals surface area contributed by atoms with Gasteiger partial charge in [0.2, 0.25) is 0 Å². The number of amides is 1. The molecule has 0 saturated heterocycles. The number of fused-ring (bicyclic) bond motifs is 1. The van der Waals surface area contributed by atoms with Crippen molar-refractivity contribution >= 4 is 17.0 Å². The van der Waals surface area contributed by atoms with Gasteiger partial charge in [-0.05, 0) is 23.8 Å². The van der Waals surface area contributed by atoms with Gasteiger partial charge in [0.05, 0.1) is 5.52 Å². The number of rotatable bonds is 3. The molecule has 0 N–H and O–H groups in total. The number of aryl methyl sites for hydroxylation is 1. The van der Waals surface area contributed by atoms with Gasteiger partial charge in [-0.25, -0.2) is 4.79 Å². The maximum absolute atomic E-state index is 12.5. The van der Waals surface area contributed by atoms with Crippen molar-refractivity contribution in [3.63, 3.8) is 0 Å². The zero-order valence-electron chi connectivity index (χ0n) is 12.4. The molecule has 0 saturated carbocycles. The summed E-state index contributed by atoms with van der Waals surface area (Å²) >= 11 is 0. The average Bonchev–Trinajstić information content (AvgIpc) is 2.81. The Morgan fingerprint density at radius 2 is 1.91 bits per heavy atom. The van der Waals surface area contributed by atoms with E-state index in [-0.39, 0.29) is 5.91 Å². The van der Waals surface area contributed by atoms with Gasteiger partial charge < -0.3 is 9.32 Å². The highest BCUT2D eigenvalue weighted by molar-refractivity contribution is 5.96. The lowest BCUT2D eigenvalue weighted by Gasteiger charge is -2.17. The van der Waals surface area contributed by atoms with Crippen molar-refractivity contribution in [3.05, 3.63) is 70.2 Å². The molecular weight excluding hydrogens is 280 g/mol. The first-order valence-corrected chi connectivity index (χ1v) is 6.95. The Balaban J connectivity index is 1.86. The molecule has 3 rings (SSSR count). The van der Waals surface area contributed by atoms with Crippen LogP contribution in [-0.2, 0) is 13.6 Å². The summed E-state index contributed by atoms with van der Waals surface area (Å²) in [4.78, 5) is 25.6. The fourth-order valence-corrected chi connectivity index (χ4v) is 2.42. The first-order chi connectivity index (χ1) is 10.6. The second kappa shape index (κ2) is 5.52. The number of benzene rings is 2. The summed E-state index contributed by atoms with van der Waals surface area (Å²) in [5.41, 5.74) is 2.66. The Hall–Kier alpha value is -2.82. The Kier molecular flexibility index (Phi) is 3.55. The average molecular weight is 296 g/mol. The van der Waals surface area contributed by atoms with Crippen LogP contribution < -0.4 is 5.76 Å². The highest BCUT2D eigenvalue weighted by Gasteiger charge is 2.14. The van der Waals surface area contributed by atoms with Crippen molar-refractivity contribution in [1.82, 2.24) is 9.47 Å². The predicted octanol–water partition coefficient (Wildman–Crippen LogP) is 2.40. The summed E-state index contributed by atoms with van der Waals surface area (Å²) in [6, 6.07) is 14.8. The number of hydrogen-bond acceptors (Lipinski definition) is 3. The first kappa shape index (κ1) is 14.1. The van der Waals surface area contributed by atoms with Gasteiger partial charge in [0.15, 0.2) is 5.58 Å². The third-order valence-electron chi connectivity index (χ3n) is 3.65. The molecule has 0 atom stereocenters. The topological polar surface area (TPSA) is 55.5 Å². The van der Waals surface area contributed by atoms with Crippen molar-refractivity contribution in [3.8, 4) is 0 Å². The Labute approximate surface area is 127 Å². The number of carbonyl (C=O) groups is 1.